The minimum Gasteiger partial charge on any atom is -0.480 e. The van der Waals surface area contributed by atoms with Gasteiger partial charge in [0.05, 0.1) is 12.0 Å². The number of aromatic nitrogens is 2. The average Bonchev–Trinajstić information content (AvgIpc) is 3.24. The van der Waals surface area contributed by atoms with Crippen molar-refractivity contribution in [3.8, 4) is 17.1 Å². The lowest BCUT2D eigenvalue weighted by molar-refractivity contribution is -0.198. The number of hydrogen-bond acceptors (Lipinski definition) is 7. The molecular weight excluding hydrogens is 453 g/mol. The normalized spacial score (nSPS) is 13.5. The van der Waals surface area contributed by atoms with Gasteiger partial charge in [0.2, 0.25) is 17.9 Å². The molecule has 1 unspecified atom stereocenters. The van der Waals surface area contributed by atoms with Gasteiger partial charge in [0.1, 0.15) is 11.6 Å². The SMILES string of the molecule is Nc1nc(OC(c2ccc3occc3c2)C(F)(F)F)cc(-c2ccc(C[C@H](N)C(=O)O)cc2)n1. The highest BCUT2D eigenvalue weighted by molar-refractivity contribution is 5.78. The lowest BCUT2D eigenvalue weighted by Crippen LogP contribution is -2.32. The molecule has 4 rings (SSSR count). The Morgan fingerprint density at radius 3 is 2.50 bits per heavy atom. The Labute approximate surface area is 191 Å². The first-order valence-corrected chi connectivity index (χ1v) is 10.0. The summed E-state index contributed by atoms with van der Waals surface area (Å²) in [7, 11) is 0. The largest absolute Gasteiger partial charge is 0.480 e. The molecule has 2 aromatic heterocycles. The lowest BCUT2D eigenvalue weighted by atomic mass is 10.0. The molecule has 0 saturated carbocycles. The van der Waals surface area contributed by atoms with E-state index >= 15 is 0 Å². The molecule has 0 spiro atoms. The second kappa shape index (κ2) is 9.02. The number of nitrogens with two attached hydrogens (primary N) is 2. The summed E-state index contributed by atoms with van der Waals surface area (Å²) < 4.78 is 52.1. The number of carbonyl (C=O) groups is 1. The number of ether oxygens (including phenoxy) is 1. The second-order valence-electron chi connectivity index (χ2n) is 7.55. The first-order valence-electron chi connectivity index (χ1n) is 10.0. The number of nitrogen functional groups attached to an aromatic ring is 1. The van der Waals surface area contributed by atoms with E-state index in [1.54, 1.807) is 30.3 Å². The molecule has 8 nitrogen and oxygen atoms in total. The Bertz CT molecular complexity index is 1320. The van der Waals surface area contributed by atoms with Crippen molar-refractivity contribution >= 4 is 22.9 Å². The van der Waals surface area contributed by atoms with E-state index in [2.05, 4.69) is 9.97 Å². The van der Waals surface area contributed by atoms with Gasteiger partial charge in [-0.05, 0) is 30.2 Å². The van der Waals surface area contributed by atoms with Crippen molar-refractivity contribution in [1.29, 1.82) is 0 Å². The predicted octanol–water partition coefficient (Wildman–Crippen LogP) is 4.11. The van der Waals surface area contributed by atoms with Gasteiger partial charge < -0.3 is 25.7 Å². The third kappa shape index (κ3) is 5.09. The zero-order valence-corrected chi connectivity index (χ0v) is 17.5. The Morgan fingerprint density at radius 2 is 1.82 bits per heavy atom. The van der Waals surface area contributed by atoms with Crippen LogP contribution in [0.5, 0.6) is 5.88 Å². The zero-order chi connectivity index (χ0) is 24.5. The molecule has 2 atom stereocenters. The topological polar surface area (TPSA) is 137 Å². The van der Waals surface area contributed by atoms with Crippen LogP contribution in [0.15, 0.2) is 65.3 Å². The fourth-order valence-electron chi connectivity index (χ4n) is 3.40. The van der Waals surface area contributed by atoms with Gasteiger partial charge >= 0.3 is 12.1 Å². The molecule has 5 N–H and O–H groups in total. The van der Waals surface area contributed by atoms with Crippen molar-refractivity contribution < 1.29 is 32.2 Å². The highest BCUT2D eigenvalue weighted by Gasteiger charge is 2.43. The molecule has 2 heterocycles. The van der Waals surface area contributed by atoms with Gasteiger partial charge in [-0.1, -0.05) is 30.3 Å². The molecule has 0 radical (unpaired) electrons. The monoisotopic (exact) mass is 472 g/mol. The van der Waals surface area contributed by atoms with Gasteiger partial charge in [-0.15, -0.1) is 0 Å². The van der Waals surface area contributed by atoms with Gasteiger partial charge in [0, 0.05) is 22.6 Å². The number of hydrogen-bond donors (Lipinski definition) is 3. The molecule has 11 heteroatoms. The second-order valence-corrected chi connectivity index (χ2v) is 7.55. The van der Waals surface area contributed by atoms with Crippen molar-refractivity contribution in [3.63, 3.8) is 0 Å². The average molecular weight is 472 g/mol. The minimum atomic E-state index is -4.73. The van der Waals surface area contributed by atoms with Crippen LogP contribution in [0.3, 0.4) is 0 Å². The van der Waals surface area contributed by atoms with Crippen LogP contribution in [-0.4, -0.2) is 33.3 Å². The van der Waals surface area contributed by atoms with Crippen LogP contribution in [0.4, 0.5) is 19.1 Å². The summed E-state index contributed by atoms with van der Waals surface area (Å²) in [6.07, 6.45) is -5.53. The van der Waals surface area contributed by atoms with Crippen LogP contribution in [0.2, 0.25) is 0 Å². The first kappa shape index (κ1) is 23.1. The van der Waals surface area contributed by atoms with Crippen LogP contribution in [0.1, 0.15) is 17.2 Å². The van der Waals surface area contributed by atoms with Crippen molar-refractivity contribution in [2.75, 3.05) is 5.73 Å². The Kier molecular flexibility index (Phi) is 6.12. The third-order valence-electron chi connectivity index (χ3n) is 5.06. The standard InChI is InChI=1S/C23H19F3N4O4/c24-23(25,26)20(15-5-6-18-14(10-15)7-8-33-18)34-19-11-17(29-22(28)30-19)13-3-1-12(2-4-13)9-16(27)21(31)32/h1-8,10-11,16,20H,9,27H2,(H,31,32)(H2,28,29,30)/t16-,20?/m0/s1. The molecule has 0 aliphatic carbocycles. The van der Waals surface area contributed by atoms with Gasteiger partial charge in [-0.25, -0.2) is 4.98 Å². The van der Waals surface area contributed by atoms with Gasteiger partial charge in [-0.3, -0.25) is 4.79 Å². The van der Waals surface area contributed by atoms with Crippen molar-refractivity contribution in [3.05, 3.63) is 72.0 Å². The van der Waals surface area contributed by atoms with E-state index in [-0.39, 0.29) is 29.5 Å². The summed E-state index contributed by atoms with van der Waals surface area (Å²) >= 11 is 0. The molecule has 0 aliphatic rings. The number of rotatable bonds is 7. The van der Waals surface area contributed by atoms with Gasteiger partial charge in [-0.2, -0.15) is 18.2 Å². The number of halogens is 3. The van der Waals surface area contributed by atoms with E-state index in [1.165, 1.54) is 30.5 Å². The highest BCUT2D eigenvalue weighted by Crippen LogP contribution is 2.38. The Morgan fingerprint density at radius 1 is 1.09 bits per heavy atom. The number of anilines is 1. The molecule has 176 valence electrons. The maximum Gasteiger partial charge on any atom is 0.429 e. The maximum atomic E-state index is 13.9. The number of carboxylic acids is 1. The number of fused-ring (bicyclic) bond motifs is 1. The smallest absolute Gasteiger partial charge is 0.429 e. The Hall–Kier alpha value is -4.12. The van der Waals surface area contributed by atoms with E-state index in [9.17, 15) is 18.0 Å². The molecule has 0 saturated heterocycles. The number of alkyl halides is 3. The van der Waals surface area contributed by atoms with Crippen molar-refractivity contribution in [2.24, 2.45) is 5.73 Å². The fraction of sp³-hybridized carbons (Fsp3) is 0.174. The molecule has 0 aliphatic heterocycles. The van der Waals surface area contributed by atoms with Gasteiger partial charge in [0.15, 0.2) is 0 Å². The van der Waals surface area contributed by atoms with Crippen molar-refractivity contribution in [1.82, 2.24) is 9.97 Å². The summed E-state index contributed by atoms with van der Waals surface area (Å²) in [5.74, 6) is -1.75. The molecule has 4 aromatic rings. The van der Waals surface area contributed by atoms with Crippen LogP contribution >= 0.6 is 0 Å². The number of nitrogens with zero attached hydrogens (tertiary/aromatic N) is 2. The number of carboxylic acid groups (broad SMARTS) is 1. The fourth-order valence-corrected chi connectivity index (χ4v) is 3.40. The summed E-state index contributed by atoms with van der Waals surface area (Å²) in [5, 5.41) is 9.44. The van der Waals surface area contributed by atoms with Crippen LogP contribution in [0.25, 0.3) is 22.2 Å². The molecule has 0 bridgehead atoms. The summed E-state index contributed by atoms with van der Waals surface area (Å²) in [4.78, 5) is 18.8. The first-order chi connectivity index (χ1) is 16.1. The summed E-state index contributed by atoms with van der Waals surface area (Å²) in [6, 6.07) is 12.4. The van der Waals surface area contributed by atoms with E-state index in [0.29, 0.717) is 22.1 Å². The summed E-state index contributed by atoms with van der Waals surface area (Å²) in [5.41, 5.74) is 13.0. The molecule has 0 fully saturated rings. The molecular formula is C23H19F3N4O4. The summed E-state index contributed by atoms with van der Waals surface area (Å²) in [6.45, 7) is 0. The van der Waals surface area contributed by atoms with Crippen LogP contribution in [-0.2, 0) is 11.2 Å². The Balaban J connectivity index is 1.62. The van der Waals surface area contributed by atoms with E-state index < -0.39 is 24.3 Å². The maximum absolute atomic E-state index is 13.9. The molecule has 0 amide bonds. The molecule has 2 aromatic carbocycles. The third-order valence-corrected chi connectivity index (χ3v) is 5.06. The van der Waals surface area contributed by atoms with E-state index in [0.717, 1.165) is 0 Å². The van der Waals surface area contributed by atoms with Crippen molar-refractivity contribution in [2.45, 2.75) is 24.7 Å². The number of benzene rings is 2. The van der Waals surface area contributed by atoms with Crippen LogP contribution in [0, 0.1) is 0 Å². The van der Waals surface area contributed by atoms with E-state index in [4.69, 9.17) is 25.7 Å². The highest BCUT2D eigenvalue weighted by atomic mass is 19.4. The number of furan rings is 1. The minimum absolute atomic E-state index is 0.115. The van der Waals surface area contributed by atoms with E-state index in [1.807, 2.05) is 0 Å². The zero-order valence-electron chi connectivity index (χ0n) is 17.5. The number of aliphatic carboxylic acids is 1. The van der Waals surface area contributed by atoms with Crippen LogP contribution < -0.4 is 16.2 Å². The van der Waals surface area contributed by atoms with Gasteiger partial charge in [0.25, 0.3) is 0 Å². The predicted molar refractivity (Wildman–Crippen MR) is 117 cm³/mol. The quantitative estimate of drug-likeness (QED) is 0.365. The molecule has 34 heavy (non-hydrogen) atoms. The lowest BCUT2D eigenvalue weighted by Gasteiger charge is -2.22.